The largest absolute Gasteiger partial charge is 0.493 e. The number of carbonyl (C=O) groups excluding carboxylic acids is 1. The zero-order chi connectivity index (χ0) is 26.0. The first-order chi connectivity index (χ1) is 18.0. The lowest BCUT2D eigenvalue weighted by Crippen LogP contribution is -2.17. The molecule has 188 valence electrons. The van der Waals surface area contributed by atoms with E-state index in [2.05, 4.69) is 26.5 Å². The van der Waals surface area contributed by atoms with Crippen molar-refractivity contribution in [3.63, 3.8) is 0 Å². The van der Waals surface area contributed by atoms with Crippen molar-refractivity contribution in [1.82, 2.24) is 5.43 Å². The third kappa shape index (κ3) is 7.86. The number of hydrogen-bond donors (Lipinski definition) is 1. The van der Waals surface area contributed by atoms with Gasteiger partial charge in [0.15, 0.2) is 11.5 Å². The lowest BCUT2D eigenvalue weighted by molar-refractivity contribution is 0.0955. The van der Waals surface area contributed by atoms with E-state index in [0.29, 0.717) is 23.7 Å². The van der Waals surface area contributed by atoms with E-state index in [0.717, 1.165) is 36.8 Å². The molecule has 0 fully saturated rings. The van der Waals surface area contributed by atoms with Crippen molar-refractivity contribution in [2.24, 2.45) is 5.10 Å². The molecule has 0 aliphatic carbocycles. The van der Waals surface area contributed by atoms with Gasteiger partial charge in [0.2, 0.25) is 0 Å². The smallest absolute Gasteiger partial charge is 0.271 e. The van der Waals surface area contributed by atoms with Gasteiger partial charge in [0.05, 0.1) is 17.8 Å². The monoisotopic (exact) mass is 594 g/mol. The van der Waals surface area contributed by atoms with Gasteiger partial charge >= 0.3 is 0 Å². The van der Waals surface area contributed by atoms with E-state index in [1.54, 1.807) is 43.3 Å². The Hall–Kier alpha value is -3.26. The van der Waals surface area contributed by atoms with Crippen LogP contribution in [-0.2, 0) is 12.4 Å². The number of carbonyl (C=O) groups is 1. The molecule has 5 nitrogen and oxygen atoms in total. The summed E-state index contributed by atoms with van der Waals surface area (Å²) in [6.07, 6.45) is 1.56. The second-order valence-corrected chi connectivity index (χ2v) is 10.3. The molecular formula is C29H24BrClN2O3S. The zero-order valence-electron chi connectivity index (χ0n) is 20.0. The maximum absolute atomic E-state index is 12.5. The van der Waals surface area contributed by atoms with Crippen LogP contribution in [0.2, 0.25) is 5.02 Å². The minimum absolute atomic E-state index is 0.290. The number of methoxy groups -OCH3 is 1. The highest BCUT2D eigenvalue weighted by atomic mass is 79.9. The molecule has 1 amide bonds. The van der Waals surface area contributed by atoms with Gasteiger partial charge in [-0.2, -0.15) is 5.10 Å². The van der Waals surface area contributed by atoms with Crippen LogP contribution in [0.5, 0.6) is 11.5 Å². The van der Waals surface area contributed by atoms with Crippen molar-refractivity contribution in [2.75, 3.05) is 7.11 Å². The Balaban J connectivity index is 1.32. The van der Waals surface area contributed by atoms with Crippen molar-refractivity contribution in [1.29, 1.82) is 0 Å². The molecule has 0 atom stereocenters. The highest BCUT2D eigenvalue weighted by Crippen LogP contribution is 2.37. The van der Waals surface area contributed by atoms with Crippen molar-refractivity contribution >= 4 is 51.4 Å². The summed E-state index contributed by atoms with van der Waals surface area (Å²) in [4.78, 5) is 13.7. The molecule has 0 aromatic heterocycles. The van der Waals surface area contributed by atoms with Gasteiger partial charge in [-0.1, -0.05) is 54.1 Å². The molecule has 0 saturated carbocycles. The van der Waals surface area contributed by atoms with Crippen molar-refractivity contribution in [3.8, 4) is 11.5 Å². The molecule has 0 spiro atoms. The number of halogens is 2. The first kappa shape index (κ1) is 26.8. The highest BCUT2D eigenvalue weighted by Gasteiger charge is 2.12. The van der Waals surface area contributed by atoms with Crippen molar-refractivity contribution in [3.05, 3.63) is 123 Å². The molecule has 4 rings (SSSR count). The highest BCUT2D eigenvalue weighted by molar-refractivity contribution is 9.10. The average molecular weight is 596 g/mol. The molecule has 37 heavy (non-hydrogen) atoms. The number of hydrogen-bond acceptors (Lipinski definition) is 5. The topological polar surface area (TPSA) is 59.9 Å². The van der Waals surface area contributed by atoms with E-state index in [-0.39, 0.29) is 5.91 Å². The van der Waals surface area contributed by atoms with Crippen LogP contribution in [0.25, 0.3) is 0 Å². The Morgan fingerprint density at radius 2 is 1.73 bits per heavy atom. The summed E-state index contributed by atoms with van der Waals surface area (Å²) < 4.78 is 12.2. The third-order valence-corrected chi connectivity index (χ3v) is 7.22. The van der Waals surface area contributed by atoms with E-state index in [1.165, 1.54) is 0 Å². The zero-order valence-corrected chi connectivity index (χ0v) is 23.1. The van der Waals surface area contributed by atoms with Crippen LogP contribution in [0, 0.1) is 0 Å². The fraction of sp³-hybridized carbons (Fsp3) is 0.103. The van der Waals surface area contributed by atoms with Crippen molar-refractivity contribution in [2.45, 2.75) is 17.3 Å². The van der Waals surface area contributed by atoms with Crippen LogP contribution < -0.4 is 14.9 Å². The minimum Gasteiger partial charge on any atom is -0.493 e. The van der Waals surface area contributed by atoms with Crippen LogP contribution in [0.1, 0.15) is 27.0 Å². The summed E-state index contributed by atoms with van der Waals surface area (Å²) in [7, 11) is 1.58. The summed E-state index contributed by atoms with van der Waals surface area (Å²) in [5.74, 6) is 1.66. The molecule has 8 heteroatoms. The molecule has 0 heterocycles. The Labute approximate surface area is 234 Å². The first-order valence-corrected chi connectivity index (χ1v) is 13.5. The summed E-state index contributed by atoms with van der Waals surface area (Å²) in [6, 6.07) is 28.8. The van der Waals surface area contributed by atoms with Gasteiger partial charge in [-0.15, -0.1) is 11.8 Å². The van der Waals surface area contributed by atoms with Crippen LogP contribution >= 0.6 is 39.3 Å². The maximum atomic E-state index is 12.5. The number of benzene rings is 4. The van der Waals surface area contributed by atoms with Gasteiger partial charge in [-0.25, -0.2) is 5.43 Å². The second-order valence-electron chi connectivity index (χ2n) is 7.95. The number of rotatable bonds is 10. The Kier molecular flexibility index (Phi) is 9.65. The summed E-state index contributed by atoms with van der Waals surface area (Å²) in [6.45, 7) is 0.415. The third-order valence-electron chi connectivity index (χ3n) is 5.29. The standard InChI is InChI=1S/C29H24BrClN2O3S/c1-35-27-16-22(15-26(30)28(27)36-18-20-5-3-2-4-6-20)17-32-33-29(34)23-9-7-21(8-10-23)19-37-25-13-11-24(31)12-14-25/h2-17H,18-19H2,1H3,(H,33,34)/b32-17-. The van der Waals surface area contributed by atoms with Crippen LogP contribution in [-0.4, -0.2) is 19.2 Å². The Morgan fingerprint density at radius 3 is 2.43 bits per heavy atom. The maximum Gasteiger partial charge on any atom is 0.271 e. The average Bonchev–Trinajstić information content (AvgIpc) is 2.92. The normalized spacial score (nSPS) is 10.9. The summed E-state index contributed by atoms with van der Waals surface area (Å²) >= 11 is 11.2. The molecule has 4 aromatic carbocycles. The molecule has 0 bridgehead atoms. The van der Waals surface area contributed by atoms with Gasteiger partial charge in [0.1, 0.15) is 6.61 Å². The van der Waals surface area contributed by atoms with Crippen molar-refractivity contribution < 1.29 is 14.3 Å². The van der Waals surface area contributed by atoms with E-state index < -0.39 is 0 Å². The van der Waals surface area contributed by atoms with Gasteiger partial charge < -0.3 is 9.47 Å². The SMILES string of the molecule is COc1cc(/C=N\NC(=O)c2ccc(CSc3ccc(Cl)cc3)cc2)cc(Br)c1OCc1ccccc1. The fourth-order valence-electron chi connectivity index (χ4n) is 3.36. The van der Waals surface area contributed by atoms with Gasteiger partial charge in [0.25, 0.3) is 5.91 Å². The lowest BCUT2D eigenvalue weighted by Gasteiger charge is -2.13. The number of ether oxygens (including phenoxy) is 2. The molecular weight excluding hydrogens is 572 g/mol. The number of thioether (sulfide) groups is 1. The van der Waals surface area contributed by atoms with E-state index >= 15 is 0 Å². The van der Waals surface area contributed by atoms with E-state index in [1.807, 2.05) is 72.8 Å². The molecule has 1 N–H and O–H groups in total. The molecule has 4 aromatic rings. The number of nitrogens with one attached hydrogen (secondary N) is 1. The molecule has 0 aliphatic heterocycles. The molecule has 0 radical (unpaired) electrons. The first-order valence-electron chi connectivity index (χ1n) is 11.4. The van der Waals surface area contributed by atoms with Crippen LogP contribution in [0.3, 0.4) is 0 Å². The lowest BCUT2D eigenvalue weighted by atomic mass is 10.1. The molecule has 0 unspecified atom stereocenters. The van der Waals surface area contributed by atoms with Gasteiger partial charge in [-0.05, 0) is 81.2 Å². The number of nitrogens with zero attached hydrogens (tertiary/aromatic N) is 1. The molecule has 0 saturated heterocycles. The number of amides is 1. The molecule has 0 aliphatic rings. The quantitative estimate of drug-likeness (QED) is 0.116. The Morgan fingerprint density at radius 1 is 1.00 bits per heavy atom. The van der Waals surface area contributed by atoms with Gasteiger partial charge in [-0.3, -0.25) is 4.79 Å². The predicted molar refractivity (Wildman–Crippen MR) is 154 cm³/mol. The minimum atomic E-state index is -0.290. The fourth-order valence-corrected chi connectivity index (χ4v) is 4.92. The second kappa shape index (κ2) is 13.3. The summed E-state index contributed by atoms with van der Waals surface area (Å²) in [5, 5.41) is 4.83. The van der Waals surface area contributed by atoms with Gasteiger partial charge in [0, 0.05) is 21.2 Å². The van der Waals surface area contributed by atoms with Crippen LogP contribution in [0.4, 0.5) is 0 Å². The Bertz CT molecular complexity index is 1360. The van der Waals surface area contributed by atoms with E-state index in [9.17, 15) is 4.79 Å². The van der Waals surface area contributed by atoms with E-state index in [4.69, 9.17) is 21.1 Å². The van der Waals surface area contributed by atoms with Crippen LogP contribution in [0.15, 0.2) is 105 Å². The number of hydrazone groups is 1. The summed E-state index contributed by atoms with van der Waals surface area (Å²) in [5.41, 5.74) is 6.01. The predicted octanol–water partition coefficient (Wildman–Crippen LogP) is 7.75.